The van der Waals surface area contributed by atoms with Gasteiger partial charge in [-0.2, -0.15) is 0 Å². The molecule has 2 unspecified atom stereocenters. The SMILES string of the molecule is CCCCC(CC)COc1c2c[c]([Sn]([CH3])([CH3])[CH3])sc2c(OCC(CC)CCCC)c2c[c]([Sn]([CH3])([CH3])[CH3])oc12. The molecular formula is C32H54O3SSn2. The van der Waals surface area contributed by atoms with Crippen LogP contribution in [0, 0.1) is 11.8 Å². The molecule has 0 fully saturated rings. The van der Waals surface area contributed by atoms with Crippen LogP contribution in [0.15, 0.2) is 16.5 Å². The Morgan fingerprint density at radius 3 is 1.76 bits per heavy atom. The second-order valence-electron chi connectivity index (χ2n) is 13.3. The number of rotatable bonds is 16. The average molecular weight is 756 g/mol. The normalized spacial score (nSPS) is 14.4. The molecule has 0 saturated carbocycles. The Morgan fingerprint density at radius 2 is 1.29 bits per heavy atom. The Balaban J connectivity index is 2.18. The Morgan fingerprint density at radius 1 is 0.737 bits per heavy atom. The first-order valence-corrected chi connectivity index (χ1v) is 36.0. The summed E-state index contributed by atoms with van der Waals surface area (Å²) in [6, 6.07) is 4.77. The number of hydrogen-bond acceptors (Lipinski definition) is 4. The number of benzene rings is 1. The van der Waals surface area contributed by atoms with Crippen molar-refractivity contribution in [2.75, 3.05) is 13.2 Å². The summed E-state index contributed by atoms with van der Waals surface area (Å²) < 4.78 is 24.4. The van der Waals surface area contributed by atoms with E-state index < -0.39 is 36.8 Å². The van der Waals surface area contributed by atoms with E-state index >= 15 is 0 Å². The summed E-state index contributed by atoms with van der Waals surface area (Å²) >= 11 is -2.81. The zero-order valence-corrected chi connectivity index (χ0v) is 32.5. The van der Waals surface area contributed by atoms with E-state index in [1.54, 1.807) is 2.89 Å². The molecule has 6 heteroatoms. The average Bonchev–Trinajstić information content (AvgIpc) is 3.50. The van der Waals surface area contributed by atoms with Crippen molar-refractivity contribution in [3.63, 3.8) is 0 Å². The molecular weight excluding hydrogens is 702 g/mol. The number of furan rings is 1. The number of fused-ring (bicyclic) bond motifs is 2. The molecule has 0 aliphatic heterocycles. The van der Waals surface area contributed by atoms with Crippen molar-refractivity contribution >= 4 is 75.8 Å². The van der Waals surface area contributed by atoms with Gasteiger partial charge in [-0.25, -0.2) is 0 Å². The summed E-state index contributed by atoms with van der Waals surface area (Å²) in [4.78, 5) is 14.8. The van der Waals surface area contributed by atoms with E-state index in [1.165, 1.54) is 52.4 Å². The van der Waals surface area contributed by atoms with Crippen molar-refractivity contribution in [3.8, 4) is 11.5 Å². The summed E-state index contributed by atoms with van der Waals surface area (Å²) in [5.41, 5.74) is 0.925. The summed E-state index contributed by atoms with van der Waals surface area (Å²) in [7, 11) is 0. The van der Waals surface area contributed by atoms with Crippen molar-refractivity contribution < 1.29 is 13.9 Å². The molecule has 0 aliphatic rings. The van der Waals surface area contributed by atoms with Crippen LogP contribution in [-0.2, 0) is 0 Å². The van der Waals surface area contributed by atoms with Crippen LogP contribution in [0.5, 0.6) is 11.5 Å². The fraction of sp³-hybridized carbons (Fsp3) is 0.688. The van der Waals surface area contributed by atoms with Gasteiger partial charge in [0.25, 0.3) is 0 Å². The van der Waals surface area contributed by atoms with E-state index in [0.717, 1.165) is 48.5 Å². The fourth-order valence-corrected chi connectivity index (χ4v) is 14.1. The van der Waals surface area contributed by atoms with Gasteiger partial charge in [-0.15, -0.1) is 0 Å². The van der Waals surface area contributed by atoms with Gasteiger partial charge in [0.15, 0.2) is 0 Å². The quantitative estimate of drug-likeness (QED) is 0.137. The molecule has 214 valence electrons. The van der Waals surface area contributed by atoms with Crippen LogP contribution in [0.3, 0.4) is 0 Å². The maximum atomic E-state index is 6.83. The summed E-state index contributed by atoms with van der Waals surface area (Å²) in [6.07, 6.45) is 9.79. The van der Waals surface area contributed by atoms with Crippen molar-refractivity contribution in [2.24, 2.45) is 11.8 Å². The Hall–Kier alpha value is -0.0826. The van der Waals surface area contributed by atoms with Crippen LogP contribution >= 0.6 is 11.3 Å². The van der Waals surface area contributed by atoms with Gasteiger partial charge in [-0.05, 0) is 0 Å². The third-order valence-electron chi connectivity index (χ3n) is 7.86. The fourth-order valence-electron chi connectivity index (χ4n) is 4.93. The molecule has 1 aromatic carbocycles. The first-order valence-electron chi connectivity index (χ1n) is 15.2. The third kappa shape index (κ3) is 8.01. The van der Waals surface area contributed by atoms with Gasteiger partial charge in [0.05, 0.1) is 0 Å². The second kappa shape index (κ2) is 14.2. The van der Waals surface area contributed by atoms with E-state index in [-0.39, 0.29) is 0 Å². The molecule has 0 bridgehead atoms. The maximum absolute atomic E-state index is 6.83. The standard InChI is InChI=1S/C26H36O3S.6CH3.2Sn/c1-5-9-11-19(7-3)17-28-24-22-14-16-30-26(22)25(21-13-15-27-23(21)24)29-18-20(8-4)12-10-6-2;;;;;;;;/h13-14,19-20H,5-12,17-18H2,1-4H3;6*1H3;;. The van der Waals surface area contributed by atoms with Crippen LogP contribution in [0.4, 0.5) is 0 Å². The van der Waals surface area contributed by atoms with E-state index in [1.807, 2.05) is 11.3 Å². The molecule has 2 heterocycles. The van der Waals surface area contributed by atoms with Gasteiger partial charge < -0.3 is 0 Å². The molecule has 2 atom stereocenters. The Labute approximate surface area is 245 Å². The van der Waals surface area contributed by atoms with Gasteiger partial charge in [-0.1, -0.05) is 0 Å². The van der Waals surface area contributed by atoms with Crippen LogP contribution in [0.1, 0.15) is 79.1 Å². The second-order valence-corrected chi connectivity index (χ2v) is 44.0. The third-order valence-corrected chi connectivity index (χ3v) is 23.3. The summed E-state index contributed by atoms with van der Waals surface area (Å²) in [5.74, 6) is 3.19. The Bertz CT molecular complexity index is 1020. The summed E-state index contributed by atoms with van der Waals surface area (Å²) in [6.45, 7) is 10.7. The predicted molar refractivity (Wildman–Crippen MR) is 175 cm³/mol. The van der Waals surface area contributed by atoms with E-state index in [2.05, 4.69) is 69.5 Å². The van der Waals surface area contributed by atoms with E-state index in [4.69, 9.17) is 13.9 Å². The number of hydrogen-bond donors (Lipinski definition) is 0. The molecule has 0 radical (unpaired) electrons. The van der Waals surface area contributed by atoms with Crippen molar-refractivity contribution in [1.82, 2.24) is 0 Å². The molecule has 2 aromatic heterocycles. The zero-order valence-electron chi connectivity index (χ0n) is 26.0. The van der Waals surface area contributed by atoms with E-state index in [0.29, 0.717) is 11.8 Å². The monoisotopic (exact) mass is 758 g/mol. The molecule has 0 spiro atoms. The number of unbranched alkanes of at least 4 members (excludes halogenated alkanes) is 2. The first kappa shape index (κ1) is 32.4. The summed E-state index contributed by atoms with van der Waals surface area (Å²) in [5, 5.41) is 2.36. The molecule has 0 N–H and O–H groups in total. The molecule has 3 nitrogen and oxygen atoms in total. The van der Waals surface area contributed by atoms with Crippen LogP contribution in [-0.4, -0.2) is 50.0 Å². The molecule has 3 aromatic rings. The van der Waals surface area contributed by atoms with Gasteiger partial charge >= 0.3 is 247 Å². The van der Waals surface area contributed by atoms with Crippen molar-refractivity contribution in [1.29, 1.82) is 0 Å². The minimum atomic E-state index is -2.47. The van der Waals surface area contributed by atoms with Gasteiger partial charge in [0.1, 0.15) is 0 Å². The van der Waals surface area contributed by atoms with Crippen LogP contribution < -0.4 is 16.1 Å². The topological polar surface area (TPSA) is 31.6 Å². The molecule has 0 saturated heterocycles. The molecule has 38 heavy (non-hydrogen) atoms. The number of ether oxygens (including phenoxy) is 2. The first-order chi connectivity index (χ1) is 17.9. The Kier molecular flexibility index (Phi) is 12.1. The van der Waals surface area contributed by atoms with Crippen LogP contribution in [0.2, 0.25) is 29.6 Å². The minimum absolute atomic E-state index is 0.580. The number of thiophene rings is 1. The van der Waals surface area contributed by atoms with Gasteiger partial charge in [0, 0.05) is 0 Å². The van der Waals surface area contributed by atoms with Crippen molar-refractivity contribution in [3.05, 3.63) is 12.1 Å². The molecule has 0 amide bonds. The molecule has 3 rings (SSSR count). The van der Waals surface area contributed by atoms with Crippen LogP contribution in [0.25, 0.3) is 21.1 Å². The molecule has 0 aliphatic carbocycles. The van der Waals surface area contributed by atoms with Crippen molar-refractivity contribution in [2.45, 2.75) is 109 Å². The zero-order chi connectivity index (χ0) is 28.1. The predicted octanol–water partition coefficient (Wildman–Crippen LogP) is 9.93. The van der Waals surface area contributed by atoms with Gasteiger partial charge in [0.2, 0.25) is 0 Å². The van der Waals surface area contributed by atoms with Gasteiger partial charge in [-0.3, -0.25) is 0 Å². The van der Waals surface area contributed by atoms with E-state index in [9.17, 15) is 0 Å².